The third-order valence-electron chi connectivity index (χ3n) is 7.44. The quantitative estimate of drug-likeness (QED) is 0.163. The number of rotatable bonds is 13. The number of benzene rings is 2. The highest BCUT2D eigenvalue weighted by Crippen LogP contribution is 2.20. The number of hydrogen-bond acceptors (Lipinski definition) is 6. The second-order valence-electron chi connectivity index (χ2n) is 11.2. The number of nitrogens with one attached hydrogen (secondary N) is 5. The first-order chi connectivity index (χ1) is 20.1. The predicted molar refractivity (Wildman–Crippen MR) is 158 cm³/mol. The summed E-state index contributed by atoms with van der Waals surface area (Å²) in [6, 6.07) is 10.0. The number of carbonyl (C=O) groups is 4. The number of phenolic OH excluding ortho intramolecular Hbond substituents is 1. The number of amides is 3. The summed E-state index contributed by atoms with van der Waals surface area (Å²) in [4.78, 5) is 55.3. The van der Waals surface area contributed by atoms with Gasteiger partial charge in [-0.05, 0) is 61.1 Å². The second kappa shape index (κ2) is 14.0. The van der Waals surface area contributed by atoms with Crippen LogP contribution in [0.5, 0.6) is 5.75 Å². The Bertz CT molecular complexity index is 1400. The van der Waals surface area contributed by atoms with Gasteiger partial charge in [0.1, 0.15) is 23.9 Å². The molecule has 4 rings (SSSR count). The van der Waals surface area contributed by atoms with Gasteiger partial charge in [-0.1, -0.05) is 44.2 Å². The molecule has 4 unspecified atom stereocenters. The summed E-state index contributed by atoms with van der Waals surface area (Å²) >= 11 is 0. The summed E-state index contributed by atoms with van der Waals surface area (Å²) in [7, 11) is 0. The highest BCUT2D eigenvalue weighted by Gasteiger charge is 2.32. The number of phenols is 1. The van der Waals surface area contributed by atoms with Gasteiger partial charge in [-0.2, -0.15) is 0 Å². The molecule has 42 heavy (non-hydrogen) atoms. The van der Waals surface area contributed by atoms with Crippen LogP contribution in [0.25, 0.3) is 10.9 Å². The van der Waals surface area contributed by atoms with Gasteiger partial charge in [-0.3, -0.25) is 14.4 Å². The Morgan fingerprint density at radius 1 is 0.905 bits per heavy atom. The first kappa shape index (κ1) is 30.6. The SMILES string of the molecule is CC(C)CC(NC(=O)C1CCCN1)C(=O)NC(Cc1ccc(O)cc1)C(=O)NC(Cc1c[nH]c2ccccc12)C(=O)O. The van der Waals surface area contributed by atoms with E-state index in [1.165, 1.54) is 12.1 Å². The maximum Gasteiger partial charge on any atom is 0.326 e. The molecule has 4 atom stereocenters. The molecule has 11 heteroatoms. The molecule has 0 radical (unpaired) electrons. The van der Waals surface area contributed by atoms with Crippen molar-refractivity contribution in [3.8, 4) is 5.75 Å². The van der Waals surface area contributed by atoms with Crippen molar-refractivity contribution in [2.45, 2.75) is 70.1 Å². The Balaban J connectivity index is 1.53. The second-order valence-corrected chi connectivity index (χ2v) is 11.2. The molecule has 0 aliphatic carbocycles. The Labute approximate surface area is 244 Å². The van der Waals surface area contributed by atoms with Gasteiger partial charge in [0.15, 0.2) is 0 Å². The predicted octanol–water partition coefficient (Wildman–Crippen LogP) is 2.00. The van der Waals surface area contributed by atoms with E-state index in [1.54, 1.807) is 18.3 Å². The summed E-state index contributed by atoms with van der Waals surface area (Å²) in [5.41, 5.74) is 2.24. The van der Waals surface area contributed by atoms with E-state index in [1.807, 2.05) is 38.1 Å². The first-order valence-corrected chi connectivity index (χ1v) is 14.3. The van der Waals surface area contributed by atoms with Crippen LogP contribution in [-0.4, -0.2) is 69.6 Å². The van der Waals surface area contributed by atoms with Crippen LogP contribution in [-0.2, 0) is 32.0 Å². The molecule has 224 valence electrons. The fourth-order valence-electron chi connectivity index (χ4n) is 5.23. The lowest BCUT2D eigenvalue weighted by Gasteiger charge is -2.26. The summed E-state index contributed by atoms with van der Waals surface area (Å²) in [5.74, 6) is -2.55. The van der Waals surface area contributed by atoms with E-state index in [2.05, 4.69) is 26.3 Å². The third kappa shape index (κ3) is 8.10. The van der Waals surface area contributed by atoms with Crippen LogP contribution in [0, 0.1) is 5.92 Å². The van der Waals surface area contributed by atoms with E-state index in [9.17, 15) is 29.4 Å². The van der Waals surface area contributed by atoms with E-state index < -0.39 is 35.9 Å². The van der Waals surface area contributed by atoms with E-state index >= 15 is 0 Å². The zero-order valence-electron chi connectivity index (χ0n) is 23.9. The molecule has 0 saturated carbocycles. The molecule has 1 saturated heterocycles. The molecule has 3 aromatic rings. The van der Waals surface area contributed by atoms with Crippen LogP contribution in [0.4, 0.5) is 0 Å². The van der Waals surface area contributed by atoms with Gasteiger partial charge in [0.05, 0.1) is 6.04 Å². The monoisotopic (exact) mass is 577 g/mol. The molecule has 0 spiro atoms. The van der Waals surface area contributed by atoms with Crippen molar-refractivity contribution < 1.29 is 29.4 Å². The summed E-state index contributed by atoms with van der Waals surface area (Å²) < 4.78 is 0. The average molecular weight is 578 g/mol. The topological polar surface area (TPSA) is 173 Å². The fourth-order valence-corrected chi connectivity index (χ4v) is 5.23. The Morgan fingerprint density at radius 2 is 1.60 bits per heavy atom. The van der Waals surface area contributed by atoms with Crippen molar-refractivity contribution in [3.63, 3.8) is 0 Å². The molecule has 2 aromatic carbocycles. The van der Waals surface area contributed by atoms with Crippen molar-refractivity contribution in [2.24, 2.45) is 5.92 Å². The van der Waals surface area contributed by atoms with Crippen LogP contribution in [0.15, 0.2) is 54.7 Å². The van der Waals surface area contributed by atoms with Gasteiger partial charge in [-0.25, -0.2) is 4.79 Å². The minimum atomic E-state index is -1.25. The van der Waals surface area contributed by atoms with Gasteiger partial charge < -0.3 is 36.5 Å². The molecular formula is C31H39N5O6. The summed E-state index contributed by atoms with van der Waals surface area (Å²) in [5, 5.41) is 31.9. The van der Waals surface area contributed by atoms with Crippen LogP contribution in [0.3, 0.4) is 0 Å². The van der Waals surface area contributed by atoms with Crippen LogP contribution < -0.4 is 21.3 Å². The summed E-state index contributed by atoms with van der Waals surface area (Å²) in [6.45, 7) is 4.60. The van der Waals surface area contributed by atoms with Gasteiger partial charge in [0, 0.05) is 29.9 Å². The maximum atomic E-state index is 13.6. The molecule has 1 aliphatic heterocycles. The largest absolute Gasteiger partial charge is 0.508 e. The molecule has 3 amide bonds. The molecular weight excluding hydrogens is 538 g/mol. The zero-order chi connectivity index (χ0) is 30.2. The van der Waals surface area contributed by atoms with Gasteiger partial charge in [0.25, 0.3) is 0 Å². The molecule has 11 nitrogen and oxygen atoms in total. The van der Waals surface area contributed by atoms with Crippen LogP contribution in [0.2, 0.25) is 0 Å². The van der Waals surface area contributed by atoms with Crippen molar-refractivity contribution in [1.29, 1.82) is 0 Å². The zero-order valence-corrected chi connectivity index (χ0v) is 23.9. The van der Waals surface area contributed by atoms with Crippen LogP contribution in [0.1, 0.15) is 44.2 Å². The fraction of sp³-hybridized carbons (Fsp3) is 0.419. The lowest BCUT2D eigenvalue weighted by atomic mass is 10.00. The van der Waals surface area contributed by atoms with Crippen molar-refractivity contribution in [3.05, 3.63) is 65.9 Å². The number of carbonyl (C=O) groups excluding carboxylic acids is 3. The number of aromatic nitrogens is 1. The van der Waals surface area contributed by atoms with Gasteiger partial charge in [-0.15, -0.1) is 0 Å². The van der Waals surface area contributed by atoms with E-state index in [0.717, 1.165) is 29.4 Å². The standard InChI is InChI=1S/C31H39N5O6/c1-18(2)14-25(34-28(38)24-8-5-13-32-24)29(39)35-26(15-19-9-11-21(37)12-10-19)30(40)36-27(31(41)42)16-20-17-33-23-7-4-3-6-22(20)23/h3-4,6-7,9-12,17-18,24-27,32-33,37H,5,8,13-16H2,1-2H3,(H,34,38)(H,35,39)(H,36,40)(H,41,42). The van der Waals surface area contributed by atoms with Crippen molar-refractivity contribution in [1.82, 2.24) is 26.3 Å². The molecule has 0 bridgehead atoms. The lowest BCUT2D eigenvalue weighted by Crippen LogP contribution is -2.58. The van der Waals surface area contributed by atoms with Crippen molar-refractivity contribution >= 4 is 34.6 Å². The highest BCUT2D eigenvalue weighted by molar-refractivity contribution is 5.94. The van der Waals surface area contributed by atoms with E-state index in [-0.39, 0.29) is 36.5 Å². The Hall–Kier alpha value is -4.38. The minimum Gasteiger partial charge on any atom is -0.508 e. The smallest absolute Gasteiger partial charge is 0.326 e. The minimum absolute atomic E-state index is 0.0331. The van der Waals surface area contributed by atoms with E-state index in [0.29, 0.717) is 18.4 Å². The molecule has 1 fully saturated rings. The average Bonchev–Trinajstić information content (AvgIpc) is 3.64. The number of H-pyrrole nitrogens is 1. The number of fused-ring (bicyclic) bond motifs is 1. The van der Waals surface area contributed by atoms with Crippen molar-refractivity contribution in [2.75, 3.05) is 6.54 Å². The number of carboxylic acids is 1. The number of aromatic hydroxyl groups is 1. The Morgan fingerprint density at radius 3 is 2.26 bits per heavy atom. The van der Waals surface area contributed by atoms with E-state index in [4.69, 9.17) is 0 Å². The first-order valence-electron chi connectivity index (χ1n) is 14.3. The lowest BCUT2D eigenvalue weighted by molar-refractivity contribution is -0.142. The molecule has 2 heterocycles. The number of hydrogen-bond donors (Lipinski definition) is 7. The number of carboxylic acid groups (broad SMARTS) is 1. The molecule has 1 aromatic heterocycles. The Kier molecular flexibility index (Phi) is 10.2. The molecule has 1 aliphatic rings. The number of para-hydroxylation sites is 1. The number of aromatic amines is 1. The maximum absolute atomic E-state index is 13.6. The van der Waals surface area contributed by atoms with Crippen LogP contribution >= 0.6 is 0 Å². The normalized spacial score (nSPS) is 17.0. The highest BCUT2D eigenvalue weighted by atomic mass is 16.4. The van der Waals surface area contributed by atoms with Gasteiger partial charge >= 0.3 is 5.97 Å². The van der Waals surface area contributed by atoms with Gasteiger partial charge in [0.2, 0.25) is 17.7 Å². The third-order valence-corrected chi connectivity index (χ3v) is 7.44. The summed E-state index contributed by atoms with van der Waals surface area (Å²) in [6.07, 6.45) is 3.71. The number of aliphatic carboxylic acids is 1. The molecule has 7 N–H and O–H groups in total.